The molecule has 8 heteroatoms. The second kappa shape index (κ2) is 7.50. The first-order valence-corrected chi connectivity index (χ1v) is 8.58. The van der Waals surface area contributed by atoms with Crippen LogP contribution < -0.4 is 11.1 Å². The second-order valence-corrected chi connectivity index (χ2v) is 6.70. The van der Waals surface area contributed by atoms with Crippen LogP contribution in [0.4, 0.5) is 5.00 Å². The number of carbonyl (C=O) groups excluding carboxylic acids is 2. The van der Waals surface area contributed by atoms with Crippen LogP contribution >= 0.6 is 11.5 Å². The van der Waals surface area contributed by atoms with Crippen molar-refractivity contribution in [2.45, 2.75) is 19.4 Å². The molecular weight excluding hydrogens is 326 g/mol. The largest absolute Gasteiger partial charge is 0.369 e. The van der Waals surface area contributed by atoms with E-state index in [4.69, 9.17) is 5.73 Å². The number of benzene rings is 1. The molecule has 0 saturated carbocycles. The third-order valence-corrected chi connectivity index (χ3v) is 4.71. The molecule has 0 bridgehead atoms. The standard InChI is InChI=1S/C16H19N5O2S/c17-15(22)13-2-1-7-21(10-13)9-11-3-5-12(6-4-11)16(23)19-14-8-18-20-24-14/h3-6,8,13H,1-2,7,9-10H2,(H2,17,22)(H,19,23)/t13-/m0/s1. The number of hydrogen-bond donors (Lipinski definition) is 2. The maximum absolute atomic E-state index is 12.1. The number of likely N-dealkylation sites (tertiary alicyclic amines) is 1. The van der Waals surface area contributed by atoms with Gasteiger partial charge in [-0.3, -0.25) is 14.5 Å². The molecule has 1 aliphatic heterocycles. The van der Waals surface area contributed by atoms with Crippen molar-refractivity contribution in [1.29, 1.82) is 0 Å². The van der Waals surface area contributed by atoms with E-state index in [2.05, 4.69) is 19.8 Å². The Morgan fingerprint density at radius 1 is 1.33 bits per heavy atom. The maximum Gasteiger partial charge on any atom is 0.256 e. The highest BCUT2D eigenvalue weighted by Gasteiger charge is 2.23. The SMILES string of the molecule is NC(=O)[C@H]1CCCN(Cc2ccc(C(=O)Nc3cnns3)cc2)C1. The van der Waals surface area contributed by atoms with Gasteiger partial charge in [-0.25, -0.2) is 0 Å². The van der Waals surface area contributed by atoms with E-state index in [1.165, 1.54) is 6.20 Å². The van der Waals surface area contributed by atoms with Crippen molar-refractivity contribution < 1.29 is 9.59 Å². The molecule has 0 radical (unpaired) electrons. The molecule has 1 aromatic carbocycles. The summed E-state index contributed by atoms with van der Waals surface area (Å²) < 4.78 is 3.71. The van der Waals surface area contributed by atoms with Crippen molar-refractivity contribution in [1.82, 2.24) is 14.5 Å². The molecule has 1 aromatic heterocycles. The molecule has 0 aliphatic carbocycles. The zero-order chi connectivity index (χ0) is 16.9. The van der Waals surface area contributed by atoms with E-state index in [-0.39, 0.29) is 17.7 Å². The van der Waals surface area contributed by atoms with E-state index in [1.807, 2.05) is 12.1 Å². The molecular formula is C16H19N5O2S. The van der Waals surface area contributed by atoms with Gasteiger partial charge in [0.05, 0.1) is 12.1 Å². The van der Waals surface area contributed by atoms with Gasteiger partial charge in [-0.1, -0.05) is 16.6 Å². The predicted octanol–water partition coefficient (Wildman–Crippen LogP) is 1.49. The number of aromatic nitrogens is 2. The highest BCUT2D eigenvalue weighted by atomic mass is 32.1. The minimum absolute atomic E-state index is 0.0585. The number of hydrogen-bond acceptors (Lipinski definition) is 6. The molecule has 7 nitrogen and oxygen atoms in total. The van der Waals surface area contributed by atoms with Gasteiger partial charge in [0.1, 0.15) is 5.00 Å². The number of primary amides is 1. The van der Waals surface area contributed by atoms with Crippen LogP contribution in [0.15, 0.2) is 30.5 Å². The lowest BCUT2D eigenvalue weighted by atomic mass is 9.97. The Labute approximate surface area is 144 Å². The van der Waals surface area contributed by atoms with Crippen molar-refractivity contribution in [3.05, 3.63) is 41.6 Å². The molecule has 2 amide bonds. The number of nitrogens with two attached hydrogens (primary N) is 1. The Morgan fingerprint density at radius 2 is 2.12 bits per heavy atom. The highest BCUT2D eigenvalue weighted by molar-refractivity contribution is 7.10. The monoisotopic (exact) mass is 345 g/mol. The van der Waals surface area contributed by atoms with Crippen molar-refractivity contribution in [2.75, 3.05) is 18.4 Å². The summed E-state index contributed by atoms with van der Waals surface area (Å²) in [5.74, 6) is -0.458. The van der Waals surface area contributed by atoms with Gasteiger partial charge in [0.25, 0.3) is 5.91 Å². The molecule has 1 saturated heterocycles. The van der Waals surface area contributed by atoms with Crippen LogP contribution in [0.3, 0.4) is 0 Å². The van der Waals surface area contributed by atoms with Gasteiger partial charge in [-0.15, -0.1) is 5.10 Å². The van der Waals surface area contributed by atoms with Gasteiger partial charge in [-0.2, -0.15) is 0 Å². The van der Waals surface area contributed by atoms with Crippen LogP contribution in [-0.2, 0) is 11.3 Å². The third-order valence-electron chi connectivity index (χ3n) is 4.13. The molecule has 0 spiro atoms. The number of piperidine rings is 1. The molecule has 24 heavy (non-hydrogen) atoms. The van der Waals surface area contributed by atoms with E-state index in [0.717, 1.165) is 43.0 Å². The van der Waals surface area contributed by atoms with E-state index < -0.39 is 0 Å². The second-order valence-electron chi connectivity index (χ2n) is 5.91. The highest BCUT2D eigenvalue weighted by Crippen LogP contribution is 2.19. The van der Waals surface area contributed by atoms with Gasteiger partial charge in [0, 0.05) is 30.2 Å². The van der Waals surface area contributed by atoms with Crippen LogP contribution in [-0.4, -0.2) is 39.4 Å². The average Bonchev–Trinajstić information content (AvgIpc) is 3.08. The maximum atomic E-state index is 12.1. The van der Waals surface area contributed by atoms with Crippen LogP contribution in [0, 0.1) is 5.92 Å². The summed E-state index contributed by atoms with van der Waals surface area (Å²) >= 11 is 1.14. The first-order chi connectivity index (χ1) is 11.6. The van der Waals surface area contributed by atoms with Gasteiger partial charge < -0.3 is 11.1 Å². The third kappa shape index (κ3) is 4.15. The Hall–Kier alpha value is -2.32. The average molecular weight is 345 g/mol. The molecule has 1 aliphatic rings. The summed E-state index contributed by atoms with van der Waals surface area (Å²) in [5, 5.41) is 7.05. The predicted molar refractivity (Wildman–Crippen MR) is 91.5 cm³/mol. The van der Waals surface area contributed by atoms with Crippen molar-refractivity contribution >= 4 is 28.3 Å². The summed E-state index contributed by atoms with van der Waals surface area (Å²) in [7, 11) is 0. The summed E-state index contributed by atoms with van der Waals surface area (Å²) in [6, 6.07) is 7.48. The summed E-state index contributed by atoms with van der Waals surface area (Å²) in [4.78, 5) is 25.7. The number of rotatable bonds is 5. The minimum Gasteiger partial charge on any atom is -0.369 e. The molecule has 3 N–H and O–H groups in total. The lowest BCUT2D eigenvalue weighted by Gasteiger charge is -2.31. The number of amides is 2. The van der Waals surface area contributed by atoms with Crippen LogP contribution in [0.2, 0.25) is 0 Å². The fraction of sp³-hybridized carbons (Fsp3) is 0.375. The quantitative estimate of drug-likeness (QED) is 0.855. The zero-order valence-electron chi connectivity index (χ0n) is 13.1. The summed E-state index contributed by atoms with van der Waals surface area (Å²) in [6.45, 7) is 2.42. The Morgan fingerprint density at radius 3 is 2.79 bits per heavy atom. The van der Waals surface area contributed by atoms with Gasteiger partial charge >= 0.3 is 0 Å². The lowest BCUT2D eigenvalue weighted by molar-refractivity contribution is -0.123. The van der Waals surface area contributed by atoms with E-state index >= 15 is 0 Å². The van der Waals surface area contributed by atoms with Crippen LogP contribution in [0.25, 0.3) is 0 Å². The summed E-state index contributed by atoms with van der Waals surface area (Å²) in [6.07, 6.45) is 3.37. The fourth-order valence-electron chi connectivity index (χ4n) is 2.86. The molecule has 0 unspecified atom stereocenters. The van der Waals surface area contributed by atoms with Crippen LogP contribution in [0.5, 0.6) is 0 Å². The topological polar surface area (TPSA) is 101 Å². The first kappa shape index (κ1) is 16.5. The normalized spacial score (nSPS) is 18.2. The first-order valence-electron chi connectivity index (χ1n) is 7.81. The smallest absolute Gasteiger partial charge is 0.256 e. The fourth-order valence-corrected chi connectivity index (χ4v) is 3.27. The molecule has 1 fully saturated rings. The van der Waals surface area contributed by atoms with E-state index in [1.54, 1.807) is 12.1 Å². The van der Waals surface area contributed by atoms with E-state index in [9.17, 15) is 9.59 Å². The van der Waals surface area contributed by atoms with Crippen molar-refractivity contribution in [3.8, 4) is 0 Å². The molecule has 2 aromatic rings. The van der Waals surface area contributed by atoms with Crippen molar-refractivity contribution in [3.63, 3.8) is 0 Å². The number of carbonyl (C=O) groups is 2. The zero-order valence-corrected chi connectivity index (χ0v) is 14.0. The molecule has 3 rings (SSSR count). The number of nitrogens with zero attached hydrogens (tertiary/aromatic N) is 3. The van der Waals surface area contributed by atoms with Gasteiger partial charge in [-0.05, 0) is 37.1 Å². The van der Waals surface area contributed by atoms with Gasteiger partial charge in [0.15, 0.2) is 0 Å². The lowest BCUT2D eigenvalue weighted by Crippen LogP contribution is -2.40. The number of anilines is 1. The molecule has 2 heterocycles. The Balaban J connectivity index is 1.58. The van der Waals surface area contributed by atoms with E-state index in [0.29, 0.717) is 17.1 Å². The summed E-state index contributed by atoms with van der Waals surface area (Å²) in [5.41, 5.74) is 7.10. The molecule has 126 valence electrons. The number of nitrogens with one attached hydrogen (secondary N) is 1. The van der Waals surface area contributed by atoms with Crippen molar-refractivity contribution in [2.24, 2.45) is 11.7 Å². The van der Waals surface area contributed by atoms with Gasteiger partial charge in [0.2, 0.25) is 5.91 Å². The Kier molecular flexibility index (Phi) is 5.17. The van der Waals surface area contributed by atoms with Crippen LogP contribution in [0.1, 0.15) is 28.8 Å². The minimum atomic E-state index is -0.218. The molecule has 1 atom stereocenters. The Bertz CT molecular complexity index is 702.